The van der Waals surface area contributed by atoms with E-state index in [0.717, 1.165) is 15.6 Å². The molecular formula is C26H24BrClN4O3. The predicted molar refractivity (Wildman–Crippen MR) is 137 cm³/mol. The van der Waals surface area contributed by atoms with E-state index >= 15 is 0 Å². The molecule has 0 radical (unpaired) electrons. The molecule has 2 amide bonds. The number of benzene rings is 3. The number of nitriles is 1. The lowest BCUT2D eigenvalue weighted by Gasteiger charge is -2.30. The van der Waals surface area contributed by atoms with E-state index in [1.54, 1.807) is 18.2 Å². The van der Waals surface area contributed by atoms with Crippen LogP contribution in [-0.2, 0) is 29.1 Å². The van der Waals surface area contributed by atoms with Gasteiger partial charge in [0.2, 0.25) is 0 Å². The van der Waals surface area contributed by atoms with Crippen LogP contribution in [0.4, 0.5) is 4.79 Å². The summed E-state index contributed by atoms with van der Waals surface area (Å²) in [4.78, 5) is 26.0. The number of nitrogens with one attached hydrogen (secondary N) is 1. The minimum atomic E-state index is -0.957. The smallest absolute Gasteiger partial charge is 0.408 e. The molecule has 35 heavy (non-hydrogen) atoms. The lowest BCUT2D eigenvalue weighted by atomic mass is 10.1. The number of alkyl carbamates (subject to hydrolysis) is 1. The molecule has 7 nitrogen and oxygen atoms in total. The molecule has 0 heterocycles. The maximum absolute atomic E-state index is 13.4. The Morgan fingerprint density at radius 1 is 1.06 bits per heavy atom. The highest BCUT2D eigenvalue weighted by atomic mass is 79.9. The normalized spacial score (nSPS) is 11.1. The Kier molecular flexibility index (Phi) is 9.53. The molecule has 9 heteroatoms. The fourth-order valence-corrected chi connectivity index (χ4v) is 4.05. The first-order valence-electron chi connectivity index (χ1n) is 10.8. The third-order valence-electron chi connectivity index (χ3n) is 5.22. The molecule has 3 rings (SSSR count). The largest absolute Gasteiger partial charge is 0.445 e. The van der Waals surface area contributed by atoms with Gasteiger partial charge in [-0.05, 0) is 28.8 Å². The van der Waals surface area contributed by atoms with Gasteiger partial charge in [-0.15, -0.1) is 0 Å². The molecule has 0 saturated heterocycles. The number of amides is 2. The van der Waals surface area contributed by atoms with Gasteiger partial charge in [0.25, 0.3) is 5.91 Å². The van der Waals surface area contributed by atoms with Crippen molar-refractivity contribution in [2.45, 2.75) is 25.6 Å². The van der Waals surface area contributed by atoms with Crippen LogP contribution in [0.1, 0.15) is 16.7 Å². The number of hydrazine groups is 1. The van der Waals surface area contributed by atoms with Crippen molar-refractivity contribution in [3.05, 3.63) is 105 Å². The van der Waals surface area contributed by atoms with Crippen LogP contribution in [0.15, 0.2) is 83.3 Å². The first-order chi connectivity index (χ1) is 16.9. The molecule has 0 bridgehead atoms. The number of halogens is 2. The Bertz CT molecular complexity index is 1190. The van der Waals surface area contributed by atoms with Gasteiger partial charge in [-0.1, -0.05) is 94.3 Å². The first-order valence-corrected chi connectivity index (χ1v) is 11.9. The van der Waals surface area contributed by atoms with Gasteiger partial charge in [0.1, 0.15) is 12.6 Å². The van der Waals surface area contributed by atoms with Gasteiger partial charge < -0.3 is 10.1 Å². The number of carbonyl (C=O) groups is 2. The summed E-state index contributed by atoms with van der Waals surface area (Å²) in [6.45, 7) is 0.155. The number of carbonyl (C=O) groups excluding carboxylic acids is 2. The molecule has 1 atom stereocenters. The molecule has 0 aliphatic heterocycles. The van der Waals surface area contributed by atoms with Gasteiger partial charge in [0, 0.05) is 23.0 Å². The number of rotatable bonds is 9. The monoisotopic (exact) mass is 554 g/mol. The molecule has 0 unspecified atom stereocenters. The molecule has 0 aliphatic carbocycles. The lowest BCUT2D eigenvalue weighted by Crippen LogP contribution is -2.52. The third kappa shape index (κ3) is 7.74. The zero-order valence-electron chi connectivity index (χ0n) is 19.0. The number of nitrogens with zero attached hydrogens (tertiary/aromatic N) is 3. The Morgan fingerprint density at radius 3 is 2.29 bits per heavy atom. The second-order valence-electron chi connectivity index (χ2n) is 7.70. The standard InChI is InChI=1S/C26H24BrClN4O3/c1-31(32(18-29)16-21-12-13-22(27)15-23(21)28)25(33)24(14-19-8-4-2-5-9-19)30-26(34)35-17-20-10-6-3-7-11-20/h2-13,15,24H,14,16-17H2,1H3,(H,30,34)/t24-/m0/s1. The van der Waals surface area contributed by atoms with Crippen LogP contribution < -0.4 is 5.32 Å². The van der Waals surface area contributed by atoms with Gasteiger partial charge in [0.15, 0.2) is 6.19 Å². The highest BCUT2D eigenvalue weighted by Gasteiger charge is 2.28. The number of ether oxygens (including phenoxy) is 1. The van der Waals surface area contributed by atoms with Crippen molar-refractivity contribution in [2.24, 2.45) is 0 Å². The van der Waals surface area contributed by atoms with E-state index in [2.05, 4.69) is 21.2 Å². The second kappa shape index (κ2) is 12.8. The molecule has 180 valence electrons. The third-order valence-corrected chi connectivity index (χ3v) is 6.06. The molecule has 1 N–H and O–H groups in total. The SMILES string of the molecule is CN(C(=O)[C@H](Cc1ccccc1)NC(=O)OCc1ccccc1)N(C#N)Cc1ccc(Br)cc1Cl. The minimum absolute atomic E-state index is 0.0706. The minimum Gasteiger partial charge on any atom is -0.445 e. The maximum atomic E-state index is 13.4. The van der Waals surface area contributed by atoms with Crippen LogP contribution in [0.3, 0.4) is 0 Å². The average Bonchev–Trinajstić information content (AvgIpc) is 2.87. The quantitative estimate of drug-likeness (QED) is 0.220. The summed E-state index contributed by atoms with van der Waals surface area (Å²) >= 11 is 9.65. The highest BCUT2D eigenvalue weighted by Crippen LogP contribution is 2.23. The Morgan fingerprint density at radius 2 is 1.69 bits per heavy atom. The maximum Gasteiger partial charge on any atom is 0.408 e. The lowest BCUT2D eigenvalue weighted by molar-refractivity contribution is -0.143. The van der Waals surface area contributed by atoms with E-state index in [9.17, 15) is 14.9 Å². The molecule has 0 aromatic heterocycles. The Hall–Kier alpha value is -3.54. The van der Waals surface area contributed by atoms with Crippen molar-refractivity contribution in [2.75, 3.05) is 7.05 Å². The molecule has 3 aromatic rings. The van der Waals surface area contributed by atoms with Gasteiger partial charge in [0.05, 0.1) is 6.54 Å². The summed E-state index contributed by atoms with van der Waals surface area (Å²) in [5.74, 6) is -0.472. The fourth-order valence-electron chi connectivity index (χ4n) is 3.32. The second-order valence-corrected chi connectivity index (χ2v) is 9.03. The summed E-state index contributed by atoms with van der Waals surface area (Å²) in [5.41, 5.74) is 2.35. The summed E-state index contributed by atoms with van der Waals surface area (Å²) in [5, 5.41) is 15.2. The zero-order valence-corrected chi connectivity index (χ0v) is 21.4. The molecule has 0 fully saturated rings. The van der Waals surface area contributed by atoms with Crippen molar-refractivity contribution in [3.8, 4) is 6.19 Å². The van der Waals surface area contributed by atoms with Crippen molar-refractivity contribution < 1.29 is 14.3 Å². The number of hydrogen-bond donors (Lipinski definition) is 1. The van der Waals surface area contributed by atoms with Crippen LogP contribution in [0, 0.1) is 11.5 Å². The van der Waals surface area contributed by atoms with Gasteiger partial charge in [-0.25, -0.2) is 14.8 Å². The summed E-state index contributed by atoms with van der Waals surface area (Å²) in [6, 6.07) is 22.9. The zero-order chi connectivity index (χ0) is 25.2. The average molecular weight is 556 g/mol. The van der Waals surface area contributed by atoms with Crippen LogP contribution in [0.2, 0.25) is 5.02 Å². The molecular weight excluding hydrogens is 532 g/mol. The fraction of sp³-hybridized carbons (Fsp3) is 0.192. The topological polar surface area (TPSA) is 85.7 Å². The van der Waals surface area contributed by atoms with Crippen LogP contribution in [0.25, 0.3) is 0 Å². The van der Waals surface area contributed by atoms with Crippen molar-refractivity contribution >= 4 is 39.5 Å². The number of hydrogen-bond acceptors (Lipinski definition) is 5. The molecule has 3 aromatic carbocycles. The van der Waals surface area contributed by atoms with Crippen LogP contribution in [-0.4, -0.2) is 35.1 Å². The number of likely N-dealkylation sites (N-methyl/N-ethyl adjacent to an activating group) is 1. The van der Waals surface area contributed by atoms with E-state index in [-0.39, 0.29) is 19.6 Å². The van der Waals surface area contributed by atoms with E-state index in [0.29, 0.717) is 10.6 Å². The predicted octanol–water partition coefficient (Wildman–Crippen LogP) is 5.30. The summed E-state index contributed by atoms with van der Waals surface area (Å²) in [7, 11) is 1.48. The van der Waals surface area contributed by atoms with E-state index < -0.39 is 18.0 Å². The summed E-state index contributed by atoms with van der Waals surface area (Å²) < 4.78 is 6.12. The van der Waals surface area contributed by atoms with Gasteiger partial charge in [-0.3, -0.25) is 4.79 Å². The van der Waals surface area contributed by atoms with Gasteiger partial charge >= 0.3 is 6.09 Å². The van der Waals surface area contributed by atoms with Crippen molar-refractivity contribution in [1.82, 2.24) is 15.3 Å². The van der Waals surface area contributed by atoms with Gasteiger partial charge in [-0.2, -0.15) is 5.26 Å². The summed E-state index contributed by atoms with van der Waals surface area (Å²) in [6.07, 6.45) is 1.51. The van der Waals surface area contributed by atoms with E-state index in [1.807, 2.05) is 66.9 Å². The van der Waals surface area contributed by atoms with Crippen molar-refractivity contribution in [1.29, 1.82) is 5.26 Å². The highest BCUT2D eigenvalue weighted by molar-refractivity contribution is 9.10. The first kappa shape index (κ1) is 26.1. The Balaban J connectivity index is 1.73. The molecule has 0 spiro atoms. The van der Waals surface area contributed by atoms with E-state index in [1.165, 1.54) is 17.1 Å². The molecule has 0 aliphatic rings. The molecule has 0 saturated carbocycles. The van der Waals surface area contributed by atoms with Crippen molar-refractivity contribution in [3.63, 3.8) is 0 Å². The Labute approximate surface area is 218 Å². The van der Waals surface area contributed by atoms with Crippen LogP contribution in [0.5, 0.6) is 0 Å². The van der Waals surface area contributed by atoms with E-state index in [4.69, 9.17) is 16.3 Å². The van der Waals surface area contributed by atoms with Crippen LogP contribution >= 0.6 is 27.5 Å².